The maximum absolute atomic E-state index is 4.95. The van der Waals surface area contributed by atoms with Crippen molar-refractivity contribution < 1.29 is 15.2 Å². The zero-order chi connectivity index (χ0) is 3.58. The van der Waals surface area contributed by atoms with Gasteiger partial charge in [-0.2, -0.15) is 29.7 Å². The standard InChI is InChI=1S/Au.3ClH.3H3P/h;3*1H;3*1H3/q+3;;;;;;/p-3. The van der Waals surface area contributed by atoms with E-state index in [1.165, 1.54) is 0 Å². The number of hydrogen-bond donors (Lipinski definition) is 0. The normalized spacial score (nSPS) is 6.43. The van der Waals surface area contributed by atoms with Gasteiger partial charge in [0.25, 0.3) is 0 Å². The van der Waals surface area contributed by atoms with Gasteiger partial charge in [0.05, 0.1) is 0 Å². The van der Waals surface area contributed by atoms with Crippen molar-refractivity contribution in [3.63, 3.8) is 0 Å². The molecule has 0 aromatic carbocycles. The first-order valence-corrected chi connectivity index (χ1v) is 8.40. The van der Waals surface area contributed by atoms with Crippen LogP contribution in [0.1, 0.15) is 0 Å². The Morgan fingerprint density at radius 3 is 0.714 bits per heavy atom. The summed E-state index contributed by atoms with van der Waals surface area (Å²) in [4.78, 5) is 0. The van der Waals surface area contributed by atoms with Gasteiger partial charge in [-0.15, -0.1) is 0 Å². The van der Waals surface area contributed by atoms with Crippen LogP contribution in [0.25, 0.3) is 0 Å². The Morgan fingerprint density at radius 2 is 0.714 bits per heavy atom. The fraction of sp³-hybridized carbons (Fsp3) is 0. The van der Waals surface area contributed by atoms with Crippen molar-refractivity contribution in [2.75, 3.05) is 0 Å². The van der Waals surface area contributed by atoms with Gasteiger partial charge in [-0.1, -0.05) is 0 Å². The number of rotatable bonds is 0. The van der Waals surface area contributed by atoms with Crippen LogP contribution in [-0.2, 0) is 15.2 Å². The third-order valence-corrected chi connectivity index (χ3v) is 0. The fourth-order valence-electron chi connectivity index (χ4n) is 0. The van der Waals surface area contributed by atoms with Gasteiger partial charge in [0.1, 0.15) is 0 Å². The summed E-state index contributed by atoms with van der Waals surface area (Å²) in [5.41, 5.74) is 0. The van der Waals surface area contributed by atoms with Crippen LogP contribution in [0.2, 0.25) is 0 Å². The average molecular weight is 405 g/mol. The molecule has 0 spiro atoms. The van der Waals surface area contributed by atoms with Gasteiger partial charge < -0.3 is 0 Å². The van der Waals surface area contributed by atoms with Gasteiger partial charge in [-0.3, -0.25) is 0 Å². The number of halogens is 3. The van der Waals surface area contributed by atoms with Gasteiger partial charge >= 0.3 is 42.8 Å². The molecule has 0 amide bonds. The first-order valence-electron chi connectivity index (χ1n) is 0.342. The maximum atomic E-state index is 4.95. The van der Waals surface area contributed by atoms with E-state index in [0.29, 0.717) is 0 Å². The van der Waals surface area contributed by atoms with E-state index in [1.807, 2.05) is 0 Å². The molecular formula is H9AuCl3P3. The van der Waals surface area contributed by atoms with Crippen molar-refractivity contribution in [2.24, 2.45) is 0 Å². The predicted molar refractivity (Wildman–Crippen MR) is 50.9 cm³/mol. The first kappa shape index (κ1) is 22.5. The van der Waals surface area contributed by atoms with E-state index >= 15 is 0 Å². The fourth-order valence-corrected chi connectivity index (χ4v) is 0. The summed E-state index contributed by atoms with van der Waals surface area (Å²) in [5.74, 6) is 0. The summed E-state index contributed by atoms with van der Waals surface area (Å²) in [7, 11) is 14.9. The summed E-state index contributed by atoms with van der Waals surface area (Å²) in [6.07, 6.45) is 0. The summed E-state index contributed by atoms with van der Waals surface area (Å²) in [5, 5.41) is 0. The van der Waals surface area contributed by atoms with Gasteiger partial charge in [-0.05, 0) is 0 Å². The average Bonchev–Trinajstić information content (AvgIpc) is 0.811. The van der Waals surface area contributed by atoms with Crippen LogP contribution in [0.3, 0.4) is 0 Å². The second-order valence-electron chi connectivity index (χ2n) is 0.129. The van der Waals surface area contributed by atoms with E-state index in [2.05, 4.69) is 0 Å². The molecule has 0 bridgehead atoms. The molecule has 0 aliphatic rings. The number of hydrogen-bond acceptors (Lipinski definition) is 0. The Hall–Kier alpha value is 2.90. The molecule has 3 unspecified atom stereocenters. The first-order chi connectivity index (χ1) is 1.73. The molecule has 7 heavy (non-hydrogen) atoms. The summed E-state index contributed by atoms with van der Waals surface area (Å²) >= 11 is -1.79. The molecule has 0 rings (SSSR count). The van der Waals surface area contributed by atoms with Gasteiger partial charge in [0.15, 0.2) is 0 Å². The summed E-state index contributed by atoms with van der Waals surface area (Å²) in [6.45, 7) is 0. The third-order valence-electron chi connectivity index (χ3n) is 0. The molecule has 0 aliphatic carbocycles. The van der Waals surface area contributed by atoms with Gasteiger partial charge in [-0.25, -0.2) is 0 Å². The Labute approximate surface area is 71.9 Å². The Morgan fingerprint density at radius 1 is 0.714 bits per heavy atom. The van der Waals surface area contributed by atoms with Crippen LogP contribution in [0, 0.1) is 0 Å². The SMILES string of the molecule is P.P.P.[Cl][Au]([Cl])[Cl]. The second kappa shape index (κ2) is 16.0. The molecule has 0 saturated carbocycles. The topological polar surface area (TPSA) is 0 Å². The monoisotopic (exact) mass is 404 g/mol. The molecule has 7 heteroatoms. The van der Waals surface area contributed by atoms with Crippen molar-refractivity contribution in [3.8, 4) is 0 Å². The molecule has 0 radical (unpaired) electrons. The molecular weight excluding hydrogens is 396 g/mol. The molecule has 0 N–H and O–H groups in total. The van der Waals surface area contributed by atoms with E-state index in [9.17, 15) is 0 Å². The van der Waals surface area contributed by atoms with Crippen molar-refractivity contribution in [2.45, 2.75) is 0 Å². The van der Waals surface area contributed by atoms with Gasteiger partial charge in [0.2, 0.25) is 0 Å². The van der Waals surface area contributed by atoms with Crippen LogP contribution < -0.4 is 0 Å². The minimum absolute atomic E-state index is 0. The van der Waals surface area contributed by atoms with Crippen LogP contribution >= 0.6 is 57.3 Å². The van der Waals surface area contributed by atoms with E-state index in [0.717, 1.165) is 0 Å². The van der Waals surface area contributed by atoms with Gasteiger partial charge in [0, 0.05) is 0 Å². The Bertz CT molecular complexity index is 14.9. The minimum atomic E-state index is -1.79. The summed E-state index contributed by atoms with van der Waals surface area (Å²) in [6, 6.07) is 0. The quantitative estimate of drug-likeness (QED) is 0.429. The third kappa shape index (κ3) is 50.4. The van der Waals surface area contributed by atoms with Crippen LogP contribution in [0.4, 0.5) is 0 Å². The zero-order valence-corrected chi connectivity index (χ0v) is 12.2. The van der Waals surface area contributed by atoms with Crippen molar-refractivity contribution in [1.82, 2.24) is 0 Å². The van der Waals surface area contributed by atoms with E-state index in [4.69, 9.17) is 27.6 Å². The van der Waals surface area contributed by atoms with Crippen molar-refractivity contribution in [1.29, 1.82) is 0 Å². The molecule has 3 atom stereocenters. The molecule has 0 fully saturated rings. The molecule has 0 aromatic heterocycles. The van der Waals surface area contributed by atoms with Crippen LogP contribution in [0.5, 0.6) is 0 Å². The van der Waals surface area contributed by atoms with E-state index in [-0.39, 0.29) is 29.7 Å². The second-order valence-corrected chi connectivity index (χ2v) is 9.52. The zero-order valence-electron chi connectivity index (χ0n) is 3.56. The van der Waals surface area contributed by atoms with Crippen molar-refractivity contribution >= 4 is 57.3 Å². The molecule has 56 valence electrons. The van der Waals surface area contributed by atoms with Crippen molar-refractivity contribution in [3.05, 3.63) is 0 Å². The predicted octanol–water partition coefficient (Wildman–Crippen LogP) is 2.24. The molecule has 0 saturated heterocycles. The van der Waals surface area contributed by atoms with E-state index in [1.54, 1.807) is 0 Å². The van der Waals surface area contributed by atoms with Crippen LogP contribution in [0.15, 0.2) is 0 Å². The Balaban J connectivity index is -0.0000000150. The van der Waals surface area contributed by atoms with Crippen LogP contribution in [-0.4, -0.2) is 0 Å². The summed E-state index contributed by atoms with van der Waals surface area (Å²) < 4.78 is 0. The molecule has 0 aliphatic heterocycles. The molecule has 0 nitrogen and oxygen atoms in total. The molecule has 0 aromatic rings. The Kier molecular flexibility index (Phi) is 51.4. The van der Waals surface area contributed by atoms with E-state index < -0.39 is 15.2 Å². The molecule has 0 heterocycles.